The Hall–Kier alpha value is -1.78. The van der Waals surface area contributed by atoms with Gasteiger partial charge in [-0.2, -0.15) is 0 Å². The molecule has 0 saturated carbocycles. The maximum absolute atomic E-state index is 6.23. The first kappa shape index (κ1) is 13.2. The average Bonchev–Trinajstić information content (AvgIpc) is 3.14. The summed E-state index contributed by atoms with van der Waals surface area (Å²) < 4.78 is 11.8. The molecule has 0 fully saturated rings. The van der Waals surface area contributed by atoms with Gasteiger partial charge in [0.2, 0.25) is 0 Å². The van der Waals surface area contributed by atoms with Gasteiger partial charge in [-0.05, 0) is 23.6 Å². The molecule has 0 radical (unpaired) electrons. The smallest absolute Gasteiger partial charge is 0.175 e. The number of hydrogen-bond donors (Lipinski definition) is 1. The second-order valence-corrected chi connectivity index (χ2v) is 5.68. The van der Waals surface area contributed by atoms with E-state index in [1.54, 1.807) is 17.6 Å². The molecular formula is C16H18NO2S+. The van der Waals surface area contributed by atoms with Crippen molar-refractivity contribution in [2.45, 2.75) is 12.5 Å². The molecule has 0 aliphatic heterocycles. The highest BCUT2D eigenvalue weighted by atomic mass is 32.1. The standard InChI is InChI=1S/C16H17NO2S/c1-17-9-7-13(15-6-3-11-20-15)19-14-5-2-4-12-8-10-18-16(12)14/h2-6,8,10-11,13,17H,7,9H2,1H3/p+1. The Bertz CT molecular complexity index is 660. The van der Waals surface area contributed by atoms with Crippen LogP contribution in [0.25, 0.3) is 11.0 Å². The molecule has 1 atom stereocenters. The molecule has 20 heavy (non-hydrogen) atoms. The van der Waals surface area contributed by atoms with Crippen molar-refractivity contribution in [3.63, 3.8) is 0 Å². The summed E-state index contributed by atoms with van der Waals surface area (Å²) in [7, 11) is 2.08. The van der Waals surface area contributed by atoms with Crippen LogP contribution in [0.2, 0.25) is 0 Å². The summed E-state index contributed by atoms with van der Waals surface area (Å²) in [5, 5.41) is 5.35. The first-order chi connectivity index (χ1) is 9.88. The van der Waals surface area contributed by atoms with Crippen LogP contribution >= 0.6 is 11.3 Å². The van der Waals surface area contributed by atoms with E-state index >= 15 is 0 Å². The Kier molecular flexibility index (Phi) is 4.04. The van der Waals surface area contributed by atoms with Crippen molar-refractivity contribution in [1.82, 2.24) is 0 Å². The first-order valence-corrected chi connectivity index (χ1v) is 7.70. The molecular weight excluding hydrogens is 270 g/mol. The minimum atomic E-state index is 0.0851. The zero-order valence-electron chi connectivity index (χ0n) is 11.4. The van der Waals surface area contributed by atoms with E-state index in [4.69, 9.17) is 9.15 Å². The molecule has 0 aliphatic rings. The fourth-order valence-electron chi connectivity index (χ4n) is 2.26. The van der Waals surface area contributed by atoms with E-state index in [1.165, 1.54) is 4.88 Å². The van der Waals surface area contributed by atoms with Gasteiger partial charge >= 0.3 is 0 Å². The van der Waals surface area contributed by atoms with Gasteiger partial charge < -0.3 is 14.5 Å². The first-order valence-electron chi connectivity index (χ1n) is 6.82. The minimum absolute atomic E-state index is 0.0851. The van der Waals surface area contributed by atoms with Crippen LogP contribution in [0.3, 0.4) is 0 Å². The molecule has 0 bridgehead atoms. The van der Waals surface area contributed by atoms with E-state index in [9.17, 15) is 0 Å². The summed E-state index contributed by atoms with van der Waals surface area (Å²) >= 11 is 1.74. The van der Waals surface area contributed by atoms with Crippen LogP contribution in [0.5, 0.6) is 5.75 Å². The van der Waals surface area contributed by atoms with Crippen LogP contribution in [-0.2, 0) is 0 Å². The predicted octanol–water partition coefficient (Wildman–Crippen LogP) is 3.20. The molecule has 0 aliphatic carbocycles. The minimum Gasteiger partial charge on any atom is -0.481 e. The lowest BCUT2D eigenvalue weighted by molar-refractivity contribution is -0.628. The molecule has 0 spiro atoms. The lowest BCUT2D eigenvalue weighted by Gasteiger charge is -2.17. The van der Waals surface area contributed by atoms with Crippen molar-refractivity contribution < 1.29 is 14.5 Å². The summed E-state index contributed by atoms with van der Waals surface area (Å²) in [5.74, 6) is 0.821. The van der Waals surface area contributed by atoms with Crippen LogP contribution in [-0.4, -0.2) is 13.6 Å². The molecule has 1 aromatic carbocycles. The van der Waals surface area contributed by atoms with Gasteiger partial charge in [-0.25, -0.2) is 0 Å². The van der Waals surface area contributed by atoms with Crippen LogP contribution in [0.15, 0.2) is 52.5 Å². The number of ether oxygens (including phenoxy) is 1. The normalized spacial score (nSPS) is 12.7. The Morgan fingerprint density at radius 2 is 2.20 bits per heavy atom. The monoisotopic (exact) mass is 288 g/mol. The fourth-order valence-corrected chi connectivity index (χ4v) is 3.05. The van der Waals surface area contributed by atoms with E-state index in [0.29, 0.717) is 0 Å². The van der Waals surface area contributed by atoms with E-state index in [0.717, 1.165) is 29.7 Å². The third-order valence-corrected chi connectivity index (χ3v) is 4.25. The number of para-hydroxylation sites is 1. The van der Waals surface area contributed by atoms with Crippen molar-refractivity contribution in [3.05, 3.63) is 52.9 Å². The third kappa shape index (κ3) is 2.71. The average molecular weight is 288 g/mol. The zero-order valence-corrected chi connectivity index (χ0v) is 12.2. The van der Waals surface area contributed by atoms with E-state index in [-0.39, 0.29) is 6.10 Å². The number of benzene rings is 1. The van der Waals surface area contributed by atoms with Crippen LogP contribution < -0.4 is 10.1 Å². The second kappa shape index (κ2) is 6.11. The van der Waals surface area contributed by atoms with Gasteiger partial charge in [0.05, 0.1) is 19.9 Å². The Balaban J connectivity index is 1.87. The topological polar surface area (TPSA) is 39.0 Å². The number of furan rings is 1. The molecule has 3 aromatic rings. The summed E-state index contributed by atoms with van der Waals surface area (Å²) in [6.07, 6.45) is 2.77. The molecule has 4 heteroatoms. The van der Waals surface area contributed by atoms with Crippen molar-refractivity contribution >= 4 is 22.3 Å². The molecule has 0 saturated heterocycles. The van der Waals surface area contributed by atoms with Gasteiger partial charge in [0.15, 0.2) is 11.3 Å². The van der Waals surface area contributed by atoms with E-state index in [2.05, 4.69) is 29.9 Å². The van der Waals surface area contributed by atoms with Gasteiger partial charge in [-0.15, -0.1) is 11.3 Å². The molecule has 1 unspecified atom stereocenters. The highest BCUT2D eigenvalue weighted by molar-refractivity contribution is 7.10. The maximum Gasteiger partial charge on any atom is 0.175 e. The van der Waals surface area contributed by atoms with Crippen molar-refractivity contribution in [3.8, 4) is 5.75 Å². The molecule has 3 rings (SSSR count). The lowest BCUT2D eigenvalue weighted by atomic mass is 10.2. The van der Waals surface area contributed by atoms with E-state index in [1.807, 2.05) is 24.3 Å². The second-order valence-electron chi connectivity index (χ2n) is 4.70. The maximum atomic E-state index is 6.23. The van der Waals surface area contributed by atoms with Crippen molar-refractivity contribution in [1.29, 1.82) is 0 Å². The zero-order chi connectivity index (χ0) is 13.8. The predicted molar refractivity (Wildman–Crippen MR) is 81.2 cm³/mol. The highest BCUT2D eigenvalue weighted by Crippen LogP contribution is 2.32. The van der Waals surface area contributed by atoms with Gasteiger partial charge in [-0.1, -0.05) is 18.2 Å². The Morgan fingerprint density at radius 3 is 3.00 bits per heavy atom. The van der Waals surface area contributed by atoms with Gasteiger partial charge in [0.1, 0.15) is 6.10 Å². The van der Waals surface area contributed by atoms with Crippen molar-refractivity contribution in [2.24, 2.45) is 0 Å². The third-order valence-electron chi connectivity index (χ3n) is 3.29. The fraction of sp³-hybridized carbons (Fsp3) is 0.250. The summed E-state index contributed by atoms with van der Waals surface area (Å²) in [6, 6.07) is 12.2. The number of hydrogen-bond acceptors (Lipinski definition) is 3. The Labute approximate surface area is 122 Å². The SMILES string of the molecule is C[NH2+]CCC(Oc1cccc2ccoc12)c1cccs1. The summed E-state index contributed by atoms with van der Waals surface area (Å²) in [6.45, 7) is 1.04. The Morgan fingerprint density at radius 1 is 1.25 bits per heavy atom. The van der Waals surface area contributed by atoms with Gasteiger partial charge in [0.25, 0.3) is 0 Å². The number of nitrogens with two attached hydrogens (primary N) is 1. The molecule has 0 amide bonds. The number of fused-ring (bicyclic) bond motifs is 1. The van der Waals surface area contributed by atoms with E-state index < -0.39 is 0 Å². The number of quaternary nitrogens is 1. The molecule has 2 heterocycles. The van der Waals surface area contributed by atoms with Gasteiger partial charge in [0, 0.05) is 16.7 Å². The quantitative estimate of drug-likeness (QED) is 0.756. The van der Waals surface area contributed by atoms with Crippen LogP contribution in [0, 0.1) is 0 Å². The van der Waals surface area contributed by atoms with Crippen molar-refractivity contribution in [2.75, 3.05) is 13.6 Å². The van der Waals surface area contributed by atoms with Gasteiger partial charge in [-0.3, -0.25) is 0 Å². The number of thiophene rings is 1. The molecule has 2 aromatic heterocycles. The lowest BCUT2D eigenvalue weighted by Crippen LogP contribution is -2.79. The molecule has 2 N–H and O–H groups in total. The van der Waals surface area contributed by atoms with Crippen LogP contribution in [0.1, 0.15) is 17.4 Å². The number of rotatable bonds is 6. The highest BCUT2D eigenvalue weighted by Gasteiger charge is 2.17. The largest absolute Gasteiger partial charge is 0.481 e. The summed E-state index contributed by atoms with van der Waals surface area (Å²) in [5.41, 5.74) is 0.828. The molecule has 3 nitrogen and oxygen atoms in total. The summed E-state index contributed by atoms with van der Waals surface area (Å²) in [4.78, 5) is 1.26. The molecule has 104 valence electrons. The van der Waals surface area contributed by atoms with Crippen LogP contribution in [0.4, 0.5) is 0 Å².